The van der Waals surface area contributed by atoms with Crippen molar-refractivity contribution in [2.75, 3.05) is 24.5 Å². The zero-order valence-corrected chi connectivity index (χ0v) is 16.7. The summed E-state index contributed by atoms with van der Waals surface area (Å²) in [5.74, 6) is 0. The molecule has 6 heteroatoms. The Kier molecular flexibility index (Phi) is 5.10. The molecule has 1 aromatic rings. The van der Waals surface area contributed by atoms with Crippen molar-refractivity contribution in [3.63, 3.8) is 0 Å². The molecule has 0 saturated carbocycles. The molecular weight excluding hydrogens is 344 g/mol. The molecule has 0 aliphatic carbocycles. The molecule has 148 valence electrons. The standard InChI is InChI=1S/C21H30N2O4/c1-5-15-6-7-16-17(14-15)23(18(24)25)13-10-21(16)8-11-22(12-9-21)19(26)27-20(2,3)4/h6-7,14H,5,8-13H2,1-4H3,(H,24,25). The Bertz CT molecular complexity index is 730. The van der Waals surface area contributed by atoms with Crippen LogP contribution in [-0.2, 0) is 16.6 Å². The molecule has 2 amide bonds. The fraction of sp³-hybridized carbons (Fsp3) is 0.619. The van der Waals surface area contributed by atoms with Crippen LogP contribution in [-0.4, -0.2) is 47.4 Å². The van der Waals surface area contributed by atoms with Gasteiger partial charge in [0.1, 0.15) is 5.60 Å². The highest BCUT2D eigenvalue weighted by molar-refractivity contribution is 5.88. The summed E-state index contributed by atoms with van der Waals surface area (Å²) < 4.78 is 5.50. The van der Waals surface area contributed by atoms with Crippen LogP contribution >= 0.6 is 0 Å². The predicted molar refractivity (Wildman–Crippen MR) is 105 cm³/mol. The molecule has 3 rings (SSSR count). The highest BCUT2D eigenvalue weighted by atomic mass is 16.6. The van der Waals surface area contributed by atoms with Crippen molar-refractivity contribution >= 4 is 17.9 Å². The highest BCUT2D eigenvalue weighted by Crippen LogP contribution is 2.47. The minimum atomic E-state index is -0.898. The van der Waals surface area contributed by atoms with E-state index in [-0.39, 0.29) is 11.5 Å². The first-order valence-electron chi connectivity index (χ1n) is 9.77. The van der Waals surface area contributed by atoms with Gasteiger partial charge in [-0.05, 0) is 63.6 Å². The van der Waals surface area contributed by atoms with E-state index < -0.39 is 11.7 Å². The monoisotopic (exact) mass is 374 g/mol. The molecule has 1 aromatic carbocycles. The lowest BCUT2D eigenvalue weighted by atomic mass is 9.68. The summed E-state index contributed by atoms with van der Waals surface area (Å²) in [6.07, 6.45) is 2.17. The molecule has 0 bridgehead atoms. The molecule has 0 radical (unpaired) electrons. The smallest absolute Gasteiger partial charge is 0.411 e. The molecule has 6 nitrogen and oxygen atoms in total. The maximum absolute atomic E-state index is 12.4. The van der Waals surface area contributed by atoms with E-state index in [2.05, 4.69) is 19.1 Å². The summed E-state index contributed by atoms with van der Waals surface area (Å²) in [6, 6.07) is 6.23. The number of piperidine rings is 1. The highest BCUT2D eigenvalue weighted by Gasteiger charge is 2.43. The van der Waals surface area contributed by atoms with Crippen molar-refractivity contribution < 1.29 is 19.4 Å². The number of carbonyl (C=O) groups excluding carboxylic acids is 1. The number of carbonyl (C=O) groups is 2. The number of fused-ring (bicyclic) bond motifs is 2. The van der Waals surface area contributed by atoms with Gasteiger partial charge in [-0.1, -0.05) is 19.1 Å². The molecule has 0 unspecified atom stereocenters. The van der Waals surface area contributed by atoms with Crippen LogP contribution in [0.5, 0.6) is 0 Å². The van der Waals surface area contributed by atoms with E-state index in [1.54, 1.807) is 4.90 Å². The van der Waals surface area contributed by atoms with Crippen LogP contribution in [0.25, 0.3) is 0 Å². The van der Waals surface area contributed by atoms with Crippen LogP contribution in [0, 0.1) is 0 Å². The van der Waals surface area contributed by atoms with Gasteiger partial charge in [0.25, 0.3) is 0 Å². The van der Waals surface area contributed by atoms with Crippen LogP contribution < -0.4 is 4.90 Å². The Balaban J connectivity index is 1.83. The fourth-order valence-corrected chi connectivity index (χ4v) is 4.21. The molecular formula is C21H30N2O4. The molecule has 2 aliphatic rings. The summed E-state index contributed by atoms with van der Waals surface area (Å²) in [4.78, 5) is 27.3. The number of amides is 2. The zero-order valence-electron chi connectivity index (χ0n) is 16.7. The number of nitrogens with zero attached hydrogens (tertiary/aromatic N) is 2. The largest absolute Gasteiger partial charge is 0.465 e. The van der Waals surface area contributed by atoms with Crippen molar-refractivity contribution in [1.29, 1.82) is 0 Å². The molecule has 2 aliphatic heterocycles. The number of likely N-dealkylation sites (tertiary alicyclic amines) is 1. The minimum absolute atomic E-state index is 0.0634. The third kappa shape index (κ3) is 3.89. The Morgan fingerprint density at radius 2 is 1.78 bits per heavy atom. The van der Waals surface area contributed by atoms with Crippen molar-refractivity contribution in [2.24, 2.45) is 0 Å². The second-order valence-corrected chi connectivity index (χ2v) is 8.64. The van der Waals surface area contributed by atoms with Crippen molar-refractivity contribution in [2.45, 2.75) is 64.4 Å². The Hall–Kier alpha value is -2.24. The molecule has 0 aromatic heterocycles. The topological polar surface area (TPSA) is 70.1 Å². The molecule has 1 saturated heterocycles. The first-order valence-corrected chi connectivity index (χ1v) is 9.77. The van der Waals surface area contributed by atoms with Crippen LogP contribution in [0.1, 0.15) is 58.1 Å². The van der Waals surface area contributed by atoms with Gasteiger partial charge in [-0.25, -0.2) is 9.59 Å². The van der Waals surface area contributed by atoms with E-state index in [9.17, 15) is 14.7 Å². The number of rotatable bonds is 1. The number of ether oxygens (including phenoxy) is 1. The number of aryl methyl sites for hydroxylation is 1. The van der Waals surface area contributed by atoms with E-state index in [1.165, 1.54) is 4.90 Å². The van der Waals surface area contributed by atoms with Crippen LogP contribution in [0.2, 0.25) is 0 Å². The lowest BCUT2D eigenvalue weighted by molar-refractivity contribution is 0.0158. The van der Waals surface area contributed by atoms with Gasteiger partial charge in [-0.3, -0.25) is 4.90 Å². The van der Waals surface area contributed by atoms with Gasteiger partial charge in [-0.15, -0.1) is 0 Å². The van der Waals surface area contributed by atoms with Gasteiger partial charge < -0.3 is 14.7 Å². The van der Waals surface area contributed by atoms with E-state index >= 15 is 0 Å². The molecule has 2 heterocycles. The first kappa shape index (κ1) is 19.5. The molecule has 27 heavy (non-hydrogen) atoms. The Morgan fingerprint density at radius 1 is 1.15 bits per heavy atom. The van der Waals surface area contributed by atoms with E-state index in [4.69, 9.17) is 4.74 Å². The van der Waals surface area contributed by atoms with Gasteiger partial charge in [-0.2, -0.15) is 0 Å². The average molecular weight is 374 g/mol. The maximum atomic E-state index is 12.4. The van der Waals surface area contributed by atoms with Crippen LogP contribution in [0.4, 0.5) is 15.3 Å². The van der Waals surface area contributed by atoms with Crippen molar-refractivity contribution in [3.05, 3.63) is 29.3 Å². The summed E-state index contributed by atoms with van der Waals surface area (Å²) in [6.45, 7) is 9.47. The van der Waals surface area contributed by atoms with Gasteiger partial charge in [0.2, 0.25) is 0 Å². The van der Waals surface area contributed by atoms with Gasteiger partial charge in [0, 0.05) is 25.0 Å². The summed E-state index contributed by atoms with van der Waals surface area (Å²) in [5, 5.41) is 9.61. The Labute approximate surface area is 161 Å². The molecule has 1 spiro atoms. The van der Waals surface area contributed by atoms with E-state index in [0.29, 0.717) is 19.6 Å². The summed E-state index contributed by atoms with van der Waals surface area (Å²) in [5.41, 5.74) is 2.51. The predicted octanol–water partition coefficient (Wildman–Crippen LogP) is 4.41. The third-order valence-corrected chi connectivity index (χ3v) is 5.75. The van der Waals surface area contributed by atoms with Crippen molar-refractivity contribution in [1.82, 2.24) is 4.90 Å². The minimum Gasteiger partial charge on any atom is -0.465 e. The number of hydrogen-bond donors (Lipinski definition) is 1. The lowest BCUT2D eigenvalue weighted by Crippen LogP contribution is -2.50. The normalized spacial score (nSPS) is 19.0. The van der Waals surface area contributed by atoms with Crippen LogP contribution in [0.3, 0.4) is 0 Å². The molecule has 1 fully saturated rings. The third-order valence-electron chi connectivity index (χ3n) is 5.75. The van der Waals surface area contributed by atoms with Gasteiger partial charge in [0.05, 0.1) is 5.69 Å². The number of anilines is 1. The second kappa shape index (κ2) is 7.06. The Morgan fingerprint density at radius 3 is 2.33 bits per heavy atom. The van der Waals surface area contributed by atoms with Crippen molar-refractivity contribution in [3.8, 4) is 0 Å². The molecule has 1 N–H and O–H groups in total. The average Bonchev–Trinajstić information content (AvgIpc) is 2.60. The number of carboxylic acid groups (broad SMARTS) is 1. The first-order chi connectivity index (χ1) is 12.6. The SMILES string of the molecule is CCc1ccc2c(c1)N(C(=O)O)CCC21CCN(C(=O)OC(C)(C)C)CC1. The van der Waals surface area contributed by atoms with E-state index in [0.717, 1.165) is 42.5 Å². The number of benzene rings is 1. The summed E-state index contributed by atoms with van der Waals surface area (Å²) in [7, 11) is 0. The quantitative estimate of drug-likeness (QED) is 0.791. The van der Waals surface area contributed by atoms with Crippen LogP contribution in [0.15, 0.2) is 18.2 Å². The lowest BCUT2D eigenvalue weighted by Gasteiger charge is -2.47. The zero-order chi connectivity index (χ0) is 19.8. The molecule has 0 atom stereocenters. The maximum Gasteiger partial charge on any atom is 0.411 e. The van der Waals surface area contributed by atoms with E-state index in [1.807, 2.05) is 26.8 Å². The van der Waals surface area contributed by atoms with Gasteiger partial charge in [0.15, 0.2) is 0 Å². The van der Waals surface area contributed by atoms with Gasteiger partial charge >= 0.3 is 12.2 Å². The second-order valence-electron chi connectivity index (χ2n) is 8.64. The summed E-state index contributed by atoms with van der Waals surface area (Å²) >= 11 is 0. The fourth-order valence-electron chi connectivity index (χ4n) is 4.21. The number of hydrogen-bond acceptors (Lipinski definition) is 3.